The minimum Gasteiger partial charge on any atom is -0.494 e. The smallest absolute Gasteiger partial charge is 0.273 e. The van der Waals surface area contributed by atoms with Crippen LogP contribution in [0.2, 0.25) is 0 Å². The summed E-state index contributed by atoms with van der Waals surface area (Å²) >= 11 is 0. The largest absolute Gasteiger partial charge is 0.494 e. The molecule has 0 unspecified atom stereocenters. The summed E-state index contributed by atoms with van der Waals surface area (Å²) in [6.45, 7) is 0. The van der Waals surface area contributed by atoms with Gasteiger partial charge in [0.05, 0.1) is 30.1 Å². The molecule has 4 rings (SSSR count). The first-order valence-electron chi connectivity index (χ1n) is 9.75. The maximum Gasteiger partial charge on any atom is 0.273 e. The van der Waals surface area contributed by atoms with Gasteiger partial charge in [-0.1, -0.05) is 30.3 Å². The summed E-state index contributed by atoms with van der Waals surface area (Å²) in [6, 6.07) is 17.0. The number of rotatable bonds is 7. The first kappa shape index (κ1) is 22.0. The molecule has 2 aromatic carbocycles. The Morgan fingerprint density at radius 2 is 1.67 bits per heavy atom. The van der Waals surface area contributed by atoms with Crippen molar-refractivity contribution in [2.45, 2.75) is 4.90 Å². The molecule has 0 bridgehead atoms. The van der Waals surface area contributed by atoms with Gasteiger partial charge in [-0.2, -0.15) is 5.10 Å². The monoisotopic (exact) mass is 464 g/mol. The van der Waals surface area contributed by atoms with Crippen molar-refractivity contribution >= 4 is 27.6 Å². The lowest BCUT2D eigenvalue weighted by Crippen LogP contribution is -2.17. The number of carbonyl (C=O) groups is 1. The van der Waals surface area contributed by atoms with Crippen molar-refractivity contribution in [1.82, 2.24) is 19.7 Å². The van der Waals surface area contributed by atoms with Crippen LogP contribution in [0.15, 0.2) is 78.0 Å². The van der Waals surface area contributed by atoms with E-state index in [1.165, 1.54) is 48.5 Å². The molecule has 0 spiro atoms. The fourth-order valence-corrected chi connectivity index (χ4v) is 3.95. The van der Waals surface area contributed by atoms with Crippen LogP contribution in [-0.4, -0.2) is 41.2 Å². The number of ether oxygens (including phenoxy) is 1. The number of nitrogens with zero attached hydrogens (tertiary/aromatic N) is 4. The second-order valence-electron chi connectivity index (χ2n) is 6.93. The number of carbonyl (C=O) groups excluding carboxylic acids is 1. The Hall–Kier alpha value is -4.25. The Balaban J connectivity index is 1.46. The summed E-state index contributed by atoms with van der Waals surface area (Å²) in [5.74, 6) is -0.0477. The molecule has 0 fully saturated rings. The Morgan fingerprint density at radius 1 is 1.00 bits per heavy atom. The van der Waals surface area contributed by atoms with Gasteiger partial charge in [0.15, 0.2) is 5.75 Å². The first-order chi connectivity index (χ1) is 15.9. The van der Waals surface area contributed by atoms with Gasteiger partial charge in [0.1, 0.15) is 5.69 Å². The average molecular weight is 465 g/mol. The number of aryl methyl sites for hydroxylation is 1. The Labute approximate surface area is 190 Å². The summed E-state index contributed by atoms with van der Waals surface area (Å²) in [4.78, 5) is 20.5. The van der Waals surface area contributed by atoms with Crippen molar-refractivity contribution in [2.24, 2.45) is 7.05 Å². The molecule has 0 aliphatic rings. The van der Waals surface area contributed by atoms with Gasteiger partial charge in [0.25, 0.3) is 15.9 Å². The third kappa shape index (κ3) is 4.99. The number of sulfonamides is 1. The van der Waals surface area contributed by atoms with Crippen molar-refractivity contribution in [1.29, 1.82) is 0 Å². The van der Waals surface area contributed by atoms with E-state index in [-0.39, 0.29) is 16.8 Å². The van der Waals surface area contributed by atoms with Crippen molar-refractivity contribution in [3.63, 3.8) is 0 Å². The molecule has 2 heterocycles. The molecule has 1 amide bonds. The lowest BCUT2D eigenvalue weighted by molar-refractivity contribution is 0.101. The summed E-state index contributed by atoms with van der Waals surface area (Å²) in [5.41, 5.74) is 2.37. The topological polar surface area (TPSA) is 128 Å². The van der Waals surface area contributed by atoms with Crippen molar-refractivity contribution in [3.8, 4) is 17.0 Å². The van der Waals surface area contributed by atoms with E-state index in [1.807, 2.05) is 30.3 Å². The molecule has 168 valence electrons. The van der Waals surface area contributed by atoms with Crippen LogP contribution in [0, 0.1) is 0 Å². The van der Waals surface area contributed by atoms with Gasteiger partial charge in [-0.15, -0.1) is 0 Å². The highest BCUT2D eigenvalue weighted by atomic mass is 32.2. The maximum atomic E-state index is 12.7. The molecule has 33 heavy (non-hydrogen) atoms. The van der Waals surface area contributed by atoms with Crippen LogP contribution in [-0.2, 0) is 17.1 Å². The number of nitrogens with one attached hydrogen (secondary N) is 2. The molecule has 0 atom stereocenters. The molecule has 0 aliphatic carbocycles. The number of benzene rings is 2. The molecule has 11 heteroatoms. The second-order valence-corrected chi connectivity index (χ2v) is 8.62. The molecule has 0 saturated heterocycles. The normalized spacial score (nSPS) is 11.1. The summed E-state index contributed by atoms with van der Waals surface area (Å²) in [6.07, 6.45) is 2.70. The van der Waals surface area contributed by atoms with E-state index in [4.69, 9.17) is 4.74 Å². The summed E-state index contributed by atoms with van der Waals surface area (Å²) < 4.78 is 33.9. The van der Waals surface area contributed by atoms with E-state index < -0.39 is 10.0 Å². The predicted octanol–water partition coefficient (Wildman–Crippen LogP) is 2.94. The molecule has 2 aromatic heterocycles. The second kappa shape index (κ2) is 9.09. The Morgan fingerprint density at radius 3 is 2.30 bits per heavy atom. The van der Waals surface area contributed by atoms with Crippen molar-refractivity contribution < 1.29 is 17.9 Å². The molecule has 2 N–H and O–H groups in total. The van der Waals surface area contributed by atoms with Crippen LogP contribution in [0.25, 0.3) is 11.3 Å². The summed E-state index contributed by atoms with van der Waals surface area (Å²) in [5, 5.41) is 7.14. The van der Waals surface area contributed by atoms with Gasteiger partial charge in [-0.25, -0.2) is 23.1 Å². The van der Waals surface area contributed by atoms with Crippen molar-refractivity contribution in [3.05, 3.63) is 78.8 Å². The van der Waals surface area contributed by atoms with Crippen molar-refractivity contribution in [2.75, 3.05) is 17.1 Å². The highest BCUT2D eigenvalue weighted by Crippen LogP contribution is 2.21. The molecular formula is C22H20N6O4S. The van der Waals surface area contributed by atoms with Gasteiger partial charge in [-0.3, -0.25) is 9.48 Å². The lowest BCUT2D eigenvalue weighted by Gasteiger charge is -2.09. The molecule has 4 aromatic rings. The van der Waals surface area contributed by atoms with Crippen LogP contribution >= 0.6 is 0 Å². The maximum absolute atomic E-state index is 12.7. The number of amides is 1. The number of anilines is 2. The van der Waals surface area contributed by atoms with E-state index in [0.29, 0.717) is 22.8 Å². The Kier molecular flexibility index (Phi) is 6.05. The number of hydrogen-bond donors (Lipinski definition) is 2. The van der Waals surface area contributed by atoms with E-state index in [1.54, 1.807) is 13.1 Å². The standard InChI is InChI=1S/C22H20N6O4S/c1-28-20(12-19(26-28)15-6-4-3-5-7-15)21(29)25-16-8-10-18(11-9-16)33(30,31)27-22-23-13-17(32-2)14-24-22/h3-14H,1-2H3,(H,25,29)(H,23,24,27). The van der Waals surface area contributed by atoms with Crippen LogP contribution < -0.4 is 14.8 Å². The third-order valence-electron chi connectivity index (χ3n) is 4.69. The zero-order chi connectivity index (χ0) is 23.4. The van der Waals surface area contributed by atoms with Gasteiger partial charge >= 0.3 is 0 Å². The first-order valence-corrected chi connectivity index (χ1v) is 11.2. The number of aromatic nitrogens is 4. The average Bonchev–Trinajstić information content (AvgIpc) is 3.22. The summed E-state index contributed by atoms with van der Waals surface area (Å²) in [7, 11) is -0.765. The van der Waals surface area contributed by atoms with Crippen LogP contribution in [0.1, 0.15) is 10.5 Å². The lowest BCUT2D eigenvalue weighted by atomic mass is 10.1. The highest BCUT2D eigenvalue weighted by molar-refractivity contribution is 7.92. The van der Waals surface area contributed by atoms with E-state index in [2.05, 4.69) is 25.1 Å². The molecule has 0 aliphatic heterocycles. The van der Waals surface area contributed by atoms with Gasteiger partial charge in [-0.05, 0) is 30.3 Å². The third-order valence-corrected chi connectivity index (χ3v) is 6.04. The fourth-order valence-electron chi connectivity index (χ4n) is 3.00. The molecular weight excluding hydrogens is 444 g/mol. The van der Waals surface area contributed by atoms with Gasteiger partial charge in [0.2, 0.25) is 5.95 Å². The van der Waals surface area contributed by atoms with Gasteiger partial charge < -0.3 is 10.1 Å². The Bertz CT molecular complexity index is 1370. The number of methoxy groups -OCH3 is 1. The zero-order valence-corrected chi connectivity index (χ0v) is 18.6. The quantitative estimate of drug-likeness (QED) is 0.430. The fraction of sp³-hybridized carbons (Fsp3) is 0.0909. The minimum absolute atomic E-state index is 0.00758. The zero-order valence-electron chi connectivity index (χ0n) is 17.8. The van der Waals surface area contributed by atoms with Gasteiger partial charge in [0, 0.05) is 18.3 Å². The van der Waals surface area contributed by atoms with E-state index >= 15 is 0 Å². The van der Waals surface area contributed by atoms with E-state index in [0.717, 1.165) is 5.56 Å². The molecule has 0 radical (unpaired) electrons. The number of hydrogen-bond acceptors (Lipinski definition) is 7. The minimum atomic E-state index is -3.91. The molecule has 0 saturated carbocycles. The predicted molar refractivity (Wildman–Crippen MR) is 122 cm³/mol. The van der Waals surface area contributed by atoms with E-state index in [9.17, 15) is 13.2 Å². The van der Waals surface area contributed by atoms with Crippen LogP contribution in [0.3, 0.4) is 0 Å². The van der Waals surface area contributed by atoms with Crippen LogP contribution in [0.4, 0.5) is 11.6 Å². The van der Waals surface area contributed by atoms with Crippen LogP contribution in [0.5, 0.6) is 5.75 Å². The highest BCUT2D eigenvalue weighted by Gasteiger charge is 2.17. The molecule has 10 nitrogen and oxygen atoms in total. The SMILES string of the molecule is COc1cnc(NS(=O)(=O)c2ccc(NC(=O)c3cc(-c4ccccc4)nn3C)cc2)nc1.